The molecule has 2 aromatic rings. The van der Waals surface area contributed by atoms with Crippen LogP contribution in [-0.2, 0) is 16.0 Å². The van der Waals surface area contributed by atoms with E-state index >= 15 is 0 Å². The van der Waals surface area contributed by atoms with Crippen molar-refractivity contribution in [3.05, 3.63) is 59.7 Å². The van der Waals surface area contributed by atoms with Crippen LogP contribution in [0, 0.1) is 0 Å². The van der Waals surface area contributed by atoms with Crippen LogP contribution in [0.2, 0.25) is 0 Å². The van der Waals surface area contributed by atoms with E-state index in [1.807, 2.05) is 24.3 Å². The molecule has 0 aromatic heterocycles. The Balaban J connectivity index is 1.42. The molecule has 1 aliphatic heterocycles. The number of hydrogen-bond acceptors (Lipinski definition) is 5. The molecule has 1 heterocycles. The van der Waals surface area contributed by atoms with Crippen molar-refractivity contribution in [2.24, 2.45) is 0 Å². The molecule has 7 heteroatoms. The smallest absolute Gasteiger partial charge is 0.308 e. The molecule has 1 fully saturated rings. The maximum Gasteiger partial charge on any atom is 0.308 e. The zero-order valence-corrected chi connectivity index (χ0v) is 18.6. The van der Waals surface area contributed by atoms with Crippen molar-refractivity contribution in [1.29, 1.82) is 0 Å². The van der Waals surface area contributed by atoms with Gasteiger partial charge in [0.05, 0.1) is 0 Å². The van der Waals surface area contributed by atoms with Gasteiger partial charge in [-0.05, 0) is 55.2 Å². The lowest BCUT2D eigenvalue weighted by molar-refractivity contribution is -0.132. The molecule has 0 bridgehead atoms. The van der Waals surface area contributed by atoms with Crippen LogP contribution in [0.5, 0.6) is 11.5 Å². The van der Waals surface area contributed by atoms with Crippen molar-refractivity contribution in [2.75, 3.05) is 19.7 Å². The Morgan fingerprint density at radius 3 is 2.41 bits per heavy atom. The van der Waals surface area contributed by atoms with E-state index in [-0.39, 0.29) is 24.5 Å². The van der Waals surface area contributed by atoms with Gasteiger partial charge in [0.15, 0.2) is 6.61 Å². The van der Waals surface area contributed by atoms with E-state index in [4.69, 9.17) is 9.47 Å². The van der Waals surface area contributed by atoms with E-state index in [0.717, 1.165) is 12.8 Å². The molecule has 0 unspecified atom stereocenters. The number of benzene rings is 2. The van der Waals surface area contributed by atoms with E-state index in [1.165, 1.54) is 12.5 Å². The van der Waals surface area contributed by atoms with Crippen molar-refractivity contribution < 1.29 is 23.9 Å². The minimum atomic E-state index is -0.427. The fourth-order valence-electron chi connectivity index (χ4n) is 3.73. The van der Waals surface area contributed by atoms with Crippen molar-refractivity contribution in [3.63, 3.8) is 0 Å². The van der Waals surface area contributed by atoms with Crippen LogP contribution in [0.1, 0.15) is 49.0 Å². The third kappa shape index (κ3) is 6.83. The van der Waals surface area contributed by atoms with Gasteiger partial charge in [-0.15, -0.1) is 0 Å². The minimum Gasteiger partial charge on any atom is -0.484 e. The summed E-state index contributed by atoms with van der Waals surface area (Å²) in [5.74, 6) is 0.325. The molecule has 32 heavy (non-hydrogen) atoms. The standard InChI is InChI=1S/C25H30N2O5/c1-3-5-19-8-10-22(11-9-19)31-17-24(29)26-21-12-14-27(15-13-21)25(30)20-6-4-7-23(16-20)32-18(2)28/h4,6-11,16,21H,3,5,12-15,17H2,1-2H3,(H,26,29). The molecule has 0 spiro atoms. The molecule has 2 aromatic carbocycles. The summed E-state index contributed by atoms with van der Waals surface area (Å²) in [7, 11) is 0. The van der Waals surface area contributed by atoms with Crippen molar-refractivity contribution in [2.45, 2.75) is 45.6 Å². The molecule has 1 aliphatic rings. The SMILES string of the molecule is CCCc1ccc(OCC(=O)NC2CCN(C(=O)c3cccc(OC(C)=O)c3)CC2)cc1. The number of esters is 1. The molecule has 1 N–H and O–H groups in total. The highest BCUT2D eigenvalue weighted by atomic mass is 16.5. The molecular formula is C25H30N2O5. The van der Waals surface area contributed by atoms with E-state index in [9.17, 15) is 14.4 Å². The molecule has 1 saturated heterocycles. The number of carbonyl (C=O) groups is 3. The van der Waals surface area contributed by atoms with Crippen LogP contribution in [0.25, 0.3) is 0 Å². The van der Waals surface area contributed by atoms with E-state index in [2.05, 4.69) is 12.2 Å². The van der Waals surface area contributed by atoms with E-state index in [0.29, 0.717) is 43.0 Å². The zero-order valence-electron chi connectivity index (χ0n) is 18.6. The van der Waals surface area contributed by atoms with Gasteiger partial charge in [-0.2, -0.15) is 0 Å². The van der Waals surface area contributed by atoms with Crippen molar-refractivity contribution >= 4 is 17.8 Å². The number of ether oxygens (including phenoxy) is 2. The number of piperidine rings is 1. The lowest BCUT2D eigenvalue weighted by Crippen LogP contribution is -2.47. The number of nitrogens with zero attached hydrogens (tertiary/aromatic N) is 1. The highest BCUT2D eigenvalue weighted by Crippen LogP contribution is 2.18. The molecule has 2 amide bonds. The quantitative estimate of drug-likeness (QED) is 0.505. The zero-order chi connectivity index (χ0) is 22.9. The fourth-order valence-corrected chi connectivity index (χ4v) is 3.73. The Labute approximate surface area is 188 Å². The number of nitrogens with one attached hydrogen (secondary N) is 1. The first-order chi connectivity index (χ1) is 15.4. The van der Waals surface area contributed by atoms with Crippen LogP contribution in [0.4, 0.5) is 0 Å². The summed E-state index contributed by atoms with van der Waals surface area (Å²) in [6.45, 7) is 4.51. The van der Waals surface area contributed by atoms with Crippen LogP contribution in [0.15, 0.2) is 48.5 Å². The average Bonchev–Trinajstić information content (AvgIpc) is 2.79. The van der Waals surface area contributed by atoms with Crippen molar-refractivity contribution in [1.82, 2.24) is 10.2 Å². The number of carbonyl (C=O) groups excluding carboxylic acids is 3. The summed E-state index contributed by atoms with van der Waals surface area (Å²) in [6.07, 6.45) is 3.47. The van der Waals surface area contributed by atoms with Gasteiger partial charge in [-0.25, -0.2) is 0 Å². The molecule has 0 aliphatic carbocycles. The third-order valence-electron chi connectivity index (χ3n) is 5.32. The molecular weight excluding hydrogens is 408 g/mol. The molecule has 7 nitrogen and oxygen atoms in total. The van der Waals surface area contributed by atoms with Crippen LogP contribution in [-0.4, -0.2) is 48.4 Å². The predicted molar refractivity (Wildman–Crippen MR) is 121 cm³/mol. The molecule has 0 radical (unpaired) electrons. The Morgan fingerprint density at radius 2 is 1.75 bits per heavy atom. The highest BCUT2D eigenvalue weighted by Gasteiger charge is 2.25. The lowest BCUT2D eigenvalue weighted by Gasteiger charge is -2.32. The average molecular weight is 439 g/mol. The fraction of sp³-hybridized carbons (Fsp3) is 0.400. The molecule has 0 atom stereocenters. The van der Waals surface area contributed by atoms with Gasteiger partial charge in [0, 0.05) is 31.6 Å². The number of likely N-dealkylation sites (tertiary alicyclic amines) is 1. The molecule has 170 valence electrons. The van der Waals surface area contributed by atoms with E-state index < -0.39 is 5.97 Å². The van der Waals surface area contributed by atoms with Gasteiger partial charge in [0.1, 0.15) is 11.5 Å². The first-order valence-corrected chi connectivity index (χ1v) is 11.0. The predicted octanol–water partition coefficient (Wildman–Crippen LogP) is 3.36. The summed E-state index contributed by atoms with van der Waals surface area (Å²) in [6, 6.07) is 14.4. The van der Waals surface area contributed by atoms with Gasteiger partial charge in [0.25, 0.3) is 11.8 Å². The summed E-state index contributed by atoms with van der Waals surface area (Å²) in [5.41, 5.74) is 1.73. The maximum absolute atomic E-state index is 12.8. The highest BCUT2D eigenvalue weighted by molar-refractivity contribution is 5.94. The van der Waals surface area contributed by atoms with Gasteiger partial charge in [0.2, 0.25) is 0 Å². The second-order valence-corrected chi connectivity index (χ2v) is 7.94. The van der Waals surface area contributed by atoms with Crippen LogP contribution >= 0.6 is 0 Å². The number of amides is 2. The van der Waals surface area contributed by atoms with Crippen LogP contribution < -0.4 is 14.8 Å². The maximum atomic E-state index is 12.8. The number of hydrogen-bond donors (Lipinski definition) is 1. The summed E-state index contributed by atoms with van der Waals surface area (Å²) >= 11 is 0. The normalized spacial score (nSPS) is 14.0. The third-order valence-corrected chi connectivity index (χ3v) is 5.32. The minimum absolute atomic E-state index is 0.00876. The summed E-state index contributed by atoms with van der Waals surface area (Å²) in [4.78, 5) is 37.9. The van der Waals surface area contributed by atoms with Gasteiger partial charge in [-0.1, -0.05) is 31.5 Å². The van der Waals surface area contributed by atoms with Crippen molar-refractivity contribution in [3.8, 4) is 11.5 Å². The Hall–Kier alpha value is -3.35. The second-order valence-electron chi connectivity index (χ2n) is 7.94. The lowest BCUT2D eigenvalue weighted by atomic mass is 10.0. The Bertz CT molecular complexity index is 934. The largest absolute Gasteiger partial charge is 0.484 e. The first kappa shape index (κ1) is 23.3. The van der Waals surface area contributed by atoms with Gasteiger partial charge in [-0.3, -0.25) is 14.4 Å². The monoisotopic (exact) mass is 438 g/mol. The van der Waals surface area contributed by atoms with Crippen LogP contribution in [0.3, 0.4) is 0 Å². The topological polar surface area (TPSA) is 84.9 Å². The number of rotatable bonds is 8. The summed E-state index contributed by atoms with van der Waals surface area (Å²) < 4.78 is 10.6. The van der Waals surface area contributed by atoms with Gasteiger partial charge < -0.3 is 19.7 Å². The Kier molecular flexibility index (Phi) is 8.25. The Morgan fingerprint density at radius 1 is 1.03 bits per heavy atom. The molecule has 0 saturated carbocycles. The van der Waals surface area contributed by atoms with E-state index in [1.54, 1.807) is 29.2 Å². The number of aryl methyl sites for hydroxylation is 1. The molecule has 3 rings (SSSR count). The van der Waals surface area contributed by atoms with Gasteiger partial charge >= 0.3 is 5.97 Å². The first-order valence-electron chi connectivity index (χ1n) is 11.0. The second kappa shape index (κ2) is 11.3. The summed E-state index contributed by atoms with van der Waals surface area (Å²) in [5, 5.41) is 2.99.